The van der Waals surface area contributed by atoms with E-state index in [-0.39, 0.29) is 12.8 Å². The number of carboxylic acid groups (broad SMARTS) is 3. The van der Waals surface area contributed by atoms with Gasteiger partial charge in [-0.05, 0) is 12.8 Å². The Morgan fingerprint density at radius 3 is 1.67 bits per heavy atom. The Balaban J connectivity index is 5.26. The van der Waals surface area contributed by atoms with Crippen molar-refractivity contribution in [2.45, 2.75) is 56.3 Å². The zero-order chi connectivity index (χ0) is 25.7. The summed E-state index contributed by atoms with van der Waals surface area (Å²) in [5, 5.41) is 42.1. The van der Waals surface area contributed by atoms with Gasteiger partial charge in [0.2, 0.25) is 23.6 Å². The monoisotopic (exact) mass is 477 g/mol. The van der Waals surface area contributed by atoms with Crippen LogP contribution in [0.3, 0.4) is 0 Å². The van der Waals surface area contributed by atoms with Crippen LogP contribution in [-0.2, 0) is 33.6 Å². The van der Waals surface area contributed by atoms with Crippen molar-refractivity contribution in [2.75, 3.05) is 6.61 Å². The normalized spacial score (nSPS) is 14.1. The number of carbonyl (C=O) groups excluding carboxylic acids is 4. The van der Waals surface area contributed by atoms with Crippen LogP contribution in [0.5, 0.6) is 0 Å². The van der Waals surface area contributed by atoms with E-state index in [0.717, 1.165) is 0 Å². The fourth-order valence-electron chi connectivity index (χ4n) is 2.36. The third kappa shape index (κ3) is 12.0. The van der Waals surface area contributed by atoms with Crippen LogP contribution in [0.4, 0.5) is 0 Å². The highest BCUT2D eigenvalue weighted by Crippen LogP contribution is 2.02. The first kappa shape index (κ1) is 29.2. The molecule has 0 aliphatic rings. The molecule has 16 nitrogen and oxygen atoms in total. The number of aliphatic carboxylic acids is 3. The molecule has 0 heterocycles. The predicted octanol–water partition coefficient (Wildman–Crippen LogP) is -4.55. The van der Waals surface area contributed by atoms with Crippen molar-refractivity contribution in [1.29, 1.82) is 0 Å². The molecule has 4 atom stereocenters. The minimum absolute atomic E-state index is 0.155. The summed E-state index contributed by atoms with van der Waals surface area (Å²) in [5.41, 5.74) is 10.5. The molecule has 11 N–H and O–H groups in total. The zero-order valence-electron chi connectivity index (χ0n) is 17.4. The van der Waals surface area contributed by atoms with Crippen LogP contribution >= 0.6 is 0 Å². The molecule has 0 spiro atoms. The Bertz CT molecular complexity index is 772. The molecule has 0 bridgehead atoms. The molecule has 0 aromatic heterocycles. The predicted molar refractivity (Wildman–Crippen MR) is 106 cm³/mol. The minimum atomic E-state index is -1.82. The highest BCUT2D eigenvalue weighted by atomic mass is 16.4. The number of primary amides is 1. The highest BCUT2D eigenvalue weighted by molar-refractivity contribution is 5.95. The van der Waals surface area contributed by atoms with Gasteiger partial charge in [-0.2, -0.15) is 0 Å². The molecule has 33 heavy (non-hydrogen) atoms. The first-order valence-corrected chi connectivity index (χ1v) is 9.50. The molecule has 0 aromatic rings. The lowest BCUT2D eigenvalue weighted by molar-refractivity contribution is -0.144. The van der Waals surface area contributed by atoms with E-state index in [1.54, 1.807) is 0 Å². The summed E-state index contributed by atoms with van der Waals surface area (Å²) in [6, 6.07) is -6.43. The molecule has 0 radical (unpaired) electrons. The summed E-state index contributed by atoms with van der Waals surface area (Å²) in [7, 11) is 0. The molecule has 0 rings (SSSR count). The van der Waals surface area contributed by atoms with Crippen LogP contribution in [0, 0.1) is 0 Å². The second-order valence-corrected chi connectivity index (χ2v) is 6.85. The molecule has 4 amide bonds. The van der Waals surface area contributed by atoms with Gasteiger partial charge in [-0.3, -0.25) is 28.8 Å². The van der Waals surface area contributed by atoms with Gasteiger partial charge in [-0.15, -0.1) is 0 Å². The van der Waals surface area contributed by atoms with Crippen molar-refractivity contribution >= 4 is 41.5 Å². The number of aliphatic hydroxyl groups excluding tert-OH is 1. The average Bonchev–Trinajstić information content (AvgIpc) is 2.71. The molecule has 0 saturated carbocycles. The average molecular weight is 477 g/mol. The second-order valence-electron chi connectivity index (χ2n) is 6.85. The molecule has 0 aliphatic heterocycles. The molecule has 0 aliphatic carbocycles. The van der Waals surface area contributed by atoms with Gasteiger partial charge in [0.15, 0.2) is 0 Å². The van der Waals surface area contributed by atoms with Crippen molar-refractivity contribution in [1.82, 2.24) is 16.0 Å². The Morgan fingerprint density at radius 2 is 1.21 bits per heavy atom. The largest absolute Gasteiger partial charge is 0.481 e. The first-order valence-electron chi connectivity index (χ1n) is 9.50. The van der Waals surface area contributed by atoms with E-state index < -0.39 is 91.6 Å². The van der Waals surface area contributed by atoms with Crippen molar-refractivity contribution in [3.63, 3.8) is 0 Å². The Labute approximate surface area is 186 Å². The molecule has 0 fully saturated rings. The van der Waals surface area contributed by atoms with E-state index in [2.05, 4.69) is 5.32 Å². The molecule has 0 saturated heterocycles. The van der Waals surface area contributed by atoms with Crippen LogP contribution in [-0.4, -0.2) is 92.7 Å². The number of nitrogens with two attached hydrogens (primary N) is 2. The van der Waals surface area contributed by atoms with E-state index >= 15 is 0 Å². The third-order valence-corrected chi connectivity index (χ3v) is 4.13. The van der Waals surface area contributed by atoms with Crippen molar-refractivity contribution in [3.05, 3.63) is 0 Å². The zero-order valence-corrected chi connectivity index (χ0v) is 17.4. The van der Waals surface area contributed by atoms with E-state index in [9.17, 15) is 38.7 Å². The number of aliphatic hydroxyl groups is 1. The lowest BCUT2D eigenvalue weighted by Crippen LogP contribution is -2.58. The van der Waals surface area contributed by atoms with Gasteiger partial charge in [-0.25, -0.2) is 4.79 Å². The Kier molecular flexibility index (Phi) is 12.7. The summed E-state index contributed by atoms with van der Waals surface area (Å²) in [6.45, 7) is -0.974. The van der Waals surface area contributed by atoms with E-state index in [1.807, 2.05) is 10.6 Å². The maximum absolute atomic E-state index is 12.4. The molecule has 4 unspecified atom stereocenters. The molecule has 186 valence electrons. The number of hydrogen-bond acceptors (Lipinski definition) is 9. The Morgan fingerprint density at radius 1 is 0.697 bits per heavy atom. The number of rotatable bonds is 16. The van der Waals surface area contributed by atoms with Gasteiger partial charge in [-0.1, -0.05) is 0 Å². The number of carboxylic acids is 3. The Hall–Kier alpha value is -3.79. The van der Waals surface area contributed by atoms with Gasteiger partial charge >= 0.3 is 17.9 Å². The summed E-state index contributed by atoms with van der Waals surface area (Å²) in [6.07, 6.45) is -2.49. The topological polar surface area (TPSA) is 289 Å². The summed E-state index contributed by atoms with van der Waals surface area (Å²) in [4.78, 5) is 80.4. The van der Waals surface area contributed by atoms with Crippen molar-refractivity contribution in [3.8, 4) is 0 Å². The molecule has 16 heteroatoms. The number of hydrogen-bond donors (Lipinski definition) is 9. The van der Waals surface area contributed by atoms with Gasteiger partial charge < -0.3 is 47.8 Å². The lowest BCUT2D eigenvalue weighted by Gasteiger charge is -2.23. The van der Waals surface area contributed by atoms with Crippen LogP contribution in [0.25, 0.3) is 0 Å². The first-order chi connectivity index (χ1) is 15.3. The summed E-state index contributed by atoms with van der Waals surface area (Å²) in [5.74, 6) is -8.57. The second kappa shape index (κ2) is 14.3. The maximum atomic E-state index is 12.4. The lowest BCUT2D eigenvalue weighted by atomic mass is 10.1. The van der Waals surface area contributed by atoms with Crippen molar-refractivity contribution < 1.29 is 54.0 Å². The number of nitrogens with one attached hydrogen (secondary N) is 3. The fraction of sp³-hybridized carbons (Fsp3) is 0.588. The van der Waals surface area contributed by atoms with Crippen LogP contribution in [0.15, 0.2) is 0 Å². The number of carbonyl (C=O) groups is 7. The van der Waals surface area contributed by atoms with Crippen LogP contribution in [0.1, 0.15) is 32.1 Å². The third-order valence-electron chi connectivity index (χ3n) is 4.13. The van der Waals surface area contributed by atoms with Crippen molar-refractivity contribution in [2.24, 2.45) is 11.5 Å². The van der Waals surface area contributed by atoms with Crippen LogP contribution in [0.2, 0.25) is 0 Å². The smallest absolute Gasteiger partial charge is 0.326 e. The van der Waals surface area contributed by atoms with E-state index in [4.69, 9.17) is 26.8 Å². The number of amides is 4. The summed E-state index contributed by atoms with van der Waals surface area (Å²) < 4.78 is 0. The van der Waals surface area contributed by atoms with Gasteiger partial charge in [0, 0.05) is 12.8 Å². The maximum Gasteiger partial charge on any atom is 0.326 e. The summed E-state index contributed by atoms with van der Waals surface area (Å²) >= 11 is 0. The molecular weight excluding hydrogens is 450 g/mol. The quantitative estimate of drug-likeness (QED) is 0.101. The minimum Gasteiger partial charge on any atom is -0.481 e. The molecular formula is C17H27N5O11. The molecule has 0 aromatic carbocycles. The SMILES string of the molecule is NC(=O)CCC(N)C(=O)NC(CO)C(=O)NC(CC(=O)O)C(=O)NC(CCC(=O)O)C(=O)O. The van der Waals surface area contributed by atoms with Crippen LogP contribution < -0.4 is 27.4 Å². The van der Waals surface area contributed by atoms with Gasteiger partial charge in [0.05, 0.1) is 19.1 Å². The van der Waals surface area contributed by atoms with E-state index in [1.165, 1.54) is 0 Å². The fourth-order valence-corrected chi connectivity index (χ4v) is 2.36. The van der Waals surface area contributed by atoms with Gasteiger partial charge in [0.25, 0.3) is 0 Å². The van der Waals surface area contributed by atoms with E-state index in [0.29, 0.717) is 0 Å². The van der Waals surface area contributed by atoms with Gasteiger partial charge in [0.1, 0.15) is 18.1 Å². The highest BCUT2D eigenvalue weighted by Gasteiger charge is 2.31. The standard InChI is InChI=1S/C17H27N5O11/c18-7(1-3-11(19)24)14(29)22-10(6-23)16(31)21-9(5-13(27)28)15(30)20-8(17(32)33)2-4-12(25)26/h7-10,23H,1-6,18H2,(H2,19,24)(H,20,30)(H,21,31)(H,22,29)(H,25,26)(H,27,28)(H,32,33).